The summed E-state index contributed by atoms with van der Waals surface area (Å²) in [4.78, 5) is 12.4. The average Bonchev–Trinajstić information content (AvgIpc) is 2.48. The quantitative estimate of drug-likeness (QED) is 0.768. The van der Waals surface area contributed by atoms with Gasteiger partial charge in [0.25, 0.3) is 0 Å². The van der Waals surface area contributed by atoms with E-state index in [1.165, 1.54) is 5.39 Å². The van der Waals surface area contributed by atoms with Crippen LogP contribution in [0.1, 0.15) is 32.3 Å². The fourth-order valence-corrected chi connectivity index (χ4v) is 3.41. The van der Waals surface area contributed by atoms with Gasteiger partial charge in [-0.05, 0) is 36.1 Å². The molecule has 3 heteroatoms. The van der Waals surface area contributed by atoms with E-state index in [4.69, 9.17) is 0 Å². The van der Waals surface area contributed by atoms with Gasteiger partial charge in [0.1, 0.15) is 0 Å². The minimum Gasteiger partial charge on any atom is -0.351 e. The van der Waals surface area contributed by atoms with Gasteiger partial charge in [-0.1, -0.05) is 65.3 Å². The summed E-state index contributed by atoms with van der Waals surface area (Å²) in [5, 5.41) is 6.43. The molecule has 0 fully saturated rings. The summed E-state index contributed by atoms with van der Waals surface area (Å²) in [5.41, 5.74) is 0.952. The van der Waals surface area contributed by atoms with Crippen LogP contribution in [0.5, 0.6) is 0 Å². The van der Waals surface area contributed by atoms with Crippen LogP contribution in [0.4, 0.5) is 0 Å². The molecule has 0 spiro atoms. The Labute approximate surface area is 135 Å². The van der Waals surface area contributed by atoms with Gasteiger partial charge in [0.05, 0.1) is 6.42 Å². The summed E-state index contributed by atoms with van der Waals surface area (Å²) in [7, 11) is 0. The van der Waals surface area contributed by atoms with Crippen LogP contribution in [0.25, 0.3) is 10.8 Å². The molecule has 0 aliphatic rings. The molecule has 0 heterocycles. The van der Waals surface area contributed by atoms with Gasteiger partial charge in [-0.3, -0.25) is 4.79 Å². The Hall–Kier alpha value is -1.35. The molecule has 1 unspecified atom stereocenters. The van der Waals surface area contributed by atoms with E-state index in [1.807, 2.05) is 24.3 Å². The number of carbonyl (C=O) groups is 1. The first kappa shape index (κ1) is 16.0. The standard InChI is InChI=1S/C18H22BrNO/c1-3-18(2,11-12-19)20-17(21)13-15-9-6-8-14-7-4-5-10-16(14)15/h4-10H,3,11-13H2,1-2H3,(H,20,21). The van der Waals surface area contributed by atoms with Crippen LogP contribution in [0.15, 0.2) is 42.5 Å². The first-order valence-corrected chi connectivity index (χ1v) is 8.54. The molecule has 1 amide bonds. The third kappa shape index (κ3) is 4.07. The van der Waals surface area contributed by atoms with Crippen molar-refractivity contribution in [3.05, 3.63) is 48.0 Å². The number of fused-ring (bicyclic) bond motifs is 1. The maximum absolute atomic E-state index is 12.4. The van der Waals surface area contributed by atoms with Crippen LogP contribution < -0.4 is 5.32 Å². The van der Waals surface area contributed by atoms with E-state index in [0.29, 0.717) is 6.42 Å². The molecule has 0 saturated heterocycles. The van der Waals surface area contributed by atoms with Gasteiger partial charge >= 0.3 is 0 Å². The maximum atomic E-state index is 12.4. The van der Waals surface area contributed by atoms with Gasteiger partial charge in [-0.2, -0.15) is 0 Å². The molecule has 0 saturated carbocycles. The molecule has 2 aromatic carbocycles. The van der Waals surface area contributed by atoms with Crippen LogP contribution in [0, 0.1) is 0 Å². The van der Waals surface area contributed by atoms with Crippen molar-refractivity contribution in [3.8, 4) is 0 Å². The number of nitrogens with one attached hydrogen (secondary N) is 1. The molecule has 2 nitrogen and oxygen atoms in total. The third-order valence-corrected chi connectivity index (χ3v) is 4.50. The van der Waals surface area contributed by atoms with E-state index < -0.39 is 0 Å². The number of carbonyl (C=O) groups excluding carboxylic acids is 1. The third-order valence-electron chi connectivity index (χ3n) is 4.10. The second kappa shape index (κ2) is 7.08. The average molecular weight is 348 g/mol. The molecule has 1 N–H and O–H groups in total. The molecule has 2 rings (SSSR count). The van der Waals surface area contributed by atoms with Crippen molar-refractivity contribution in [1.29, 1.82) is 0 Å². The van der Waals surface area contributed by atoms with Crippen molar-refractivity contribution in [2.24, 2.45) is 0 Å². The minimum atomic E-state index is -0.134. The molecule has 1 atom stereocenters. The van der Waals surface area contributed by atoms with E-state index in [1.54, 1.807) is 0 Å². The fraction of sp³-hybridized carbons (Fsp3) is 0.389. The Kier molecular flexibility index (Phi) is 5.40. The van der Waals surface area contributed by atoms with Crippen LogP contribution in [-0.2, 0) is 11.2 Å². The van der Waals surface area contributed by atoms with Crippen LogP contribution in [0.3, 0.4) is 0 Å². The highest BCUT2D eigenvalue weighted by Crippen LogP contribution is 2.20. The molecular formula is C18H22BrNO. The zero-order chi connectivity index (χ0) is 15.3. The largest absolute Gasteiger partial charge is 0.351 e. The van der Waals surface area contributed by atoms with E-state index in [0.717, 1.165) is 29.1 Å². The molecule has 0 bridgehead atoms. The molecular weight excluding hydrogens is 326 g/mol. The molecule has 112 valence electrons. The first-order chi connectivity index (χ1) is 10.1. The van der Waals surface area contributed by atoms with Gasteiger partial charge in [-0.25, -0.2) is 0 Å². The van der Waals surface area contributed by atoms with Crippen molar-refractivity contribution in [1.82, 2.24) is 5.32 Å². The predicted octanol–water partition coefficient (Wildman–Crippen LogP) is 4.45. The molecule has 0 radical (unpaired) electrons. The maximum Gasteiger partial charge on any atom is 0.224 e. The van der Waals surface area contributed by atoms with Crippen molar-refractivity contribution in [2.75, 3.05) is 5.33 Å². The lowest BCUT2D eigenvalue weighted by atomic mass is 9.94. The van der Waals surface area contributed by atoms with Crippen molar-refractivity contribution in [2.45, 2.75) is 38.6 Å². The summed E-state index contributed by atoms with van der Waals surface area (Å²) in [5.74, 6) is 0.0941. The number of benzene rings is 2. The number of amides is 1. The van der Waals surface area contributed by atoms with E-state index in [9.17, 15) is 4.79 Å². The fourth-order valence-electron chi connectivity index (χ4n) is 2.54. The zero-order valence-corrected chi connectivity index (χ0v) is 14.2. The summed E-state index contributed by atoms with van der Waals surface area (Å²) in [6, 6.07) is 14.3. The number of halogens is 1. The highest BCUT2D eigenvalue weighted by molar-refractivity contribution is 9.09. The smallest absolute Gasteiger partial charge is 0.224 e. The Morgan fingerprint density at radius 1 is 1.19 bits per heavy atom. The van der Waals surface area contributed by atoms with E-state index in [-0.39, 0.29) is 11.4 Å². The Bertz CT molecular complexity index is 620. The van der Waals surface area contributed by atoms with Crippen molar-refractivity contribution in [3.63, 3.8) is 0 Å². The van der Waals surface area contributed by atoms with Gasteiger partial charge in [-0.15, -0.1) is 0 Å². The second-order valence-corrected chi connectivity index (χ2v) is 6.51. The topological polar surface area (TPSA) is 29.1 Å². The Balaban J connectivity index is 2.15. The van der Waals surface area contributed by atoms with Gasteiger partial charge in [0.15, 0.2) is 0 Å². The summed E-state index contributed by atoms with van der Waals surface area (Å²) in [6.07, 6.45) is 2.30. The first-order valence-electron chi connectivity index (χ1n) is 7.41. The van der Waals surface area contributed by atoms with Gasteiger partial charge < -0.3 is 5.32 Å². The van der Waals surface area contributed by atoms with Crippen LogP contribution in [-0.4, -0.2) is 16.8 Å². The highest BCUT2D eigenvalue weighted by Gasteiger charge is 2.23. The lowest BCUT2D eigenvalue weighted by Crippen LogP contribution is -2.46. The predicted molar refractivity (Wildman–Crippen MR) is 92.9 cm³/mol. The molecule has 21 heavy (non-hydrogen) atoms. The molecule has 0 aliphatic carbocycles. The Morgan fingerprint density at radius 2 is 1.90 bits per heavy atom. The van der Waals surface area contributed by atoms with Crippen LogP contribution in [0.2, 0.25) is 0 Å². The summed E-state index contributed by atoms with van der Waals surface area (Å²) in [6.45, 7) is 4.22. The SMILES string of the molecule is CCC(C)(CCBr)NC(=O)Cc1cccc2ccccc12. The molecule has 0 aromatic heterocycles. The zero-order valence-electron chi connectivity index (χ0n) is 12.7. The molecule has 0 aliphatic heterocycles. The van der Waals surface area contributed by atoms with Crippen molar-refractivity contribution >= 4 is 32.6 Å². The number of hydrogen-bond acceptors (Lipinski definition) is 1. The normalized spacial score (nSPS) is 13.9. The lowest BCUT2D eigenvalue weighted by molar-refractivity contribution is -0.122. The summed E-state index contributed by atoms with van der Waals surface area (Å²) >= 11 is 3.46. The van der Waals surface area contributed by atoms with Gasteiger partial charge in [0, 0.05) is 10.9 Å². The van der Waals surface area contributed by atoms with E-state index >= 15 is 0 Å². The van der Waals surface area contributed by atoms with Gasteiger partial charge in [0.2, 0.25) is 5.91 Å². The number of alkyl halides is 1. The van der Waals surface area contributed by atoms with E-state index in [2.05, 4.69) is 53.3 Å². The second-order valence-electron chi connectivity index (χ2n) is 5.72. The summed E-state index contributed by atoms with van der Waals surface area (Å²) < 4.78 is 0. The highest BCUT2D eigenvalue weighted by atomic mass is 79.9. The molecule has 2 aromatic rings. The lowest BCUT2D eigenvalue weighted by Gasteiger charge is -2.29. The Morgan fingerprint density at radius 3 is 2.62 bits per heavy atom. The van der Waals surface area contributed by atoms with Crippen molar-refractivity contribution < 1.29 is 4.79 Å². The monoisotopic (exact) mass is 347 g/mol. The number of rotatable bonds is 6. The minimum absolute atomic E-state index is 0.0941. The number of hydrogen-bond donors (Lipinski definition) is 1. The van der Waals surface area contributed by atoms with Crippen LogP contribution >= 0.6 is 15.9 Å².